The number of likely N-dealkylation sites (tertiary alicyclic amines) is 1. The Balaban J connectivity index is 1.95. The minimum atomic E-state index is 0.278. The first-order valence-electron chi connectivity index (χ1n) is 6.17. The van der Waals surface area contributed by atoms with Crippen LogP contribution in [0.25, 0.3) is 0 Å². The van der Waals surface area contributed by atoms with Crippen LogP contribution in [0.4, 0.5) is 0 Å². The standard InChI is InChI=1S/C13H20N2O2/c1-10-2-3-13(17)12(14-10)8-15-6-4-11(9-16)5-7-15/h2-3,11,16-17H,4-9H2,1H3. The van der Waals surface area contributed by atoms with Crippen LogP contribution < -0.4 is 0 Å². The first-order chi connectivity index (χ1) is 8.19. The largest absolute Gasteiger partial charge is 0.506 e. The lowest BCUT2D eigenvalue weighted by molar-refractivity contribution is 0.126. The zero-order valence-corrected chi connectivity index (χ0v) is 10.3. The molecule has 1 aliphatic rings. The van der Waals surface area contributed by atoms with Gasteiger partial charge in [-0.3, -0.25) is 9.88 Å². The quantitative estimate of drug-likeness (QED) is 0.830. The Morgan fingerprint density at radius 3 is 2.71 bits per heavy atom. The average molecular weight is 236 g/mol. The van der Waals surface area contributed by atoms with Gasteiger partial charge in [-0.2, -0.15) is 0 Å². The van der Waals surface area contributed by atoms with Crippen LogP contribution in [0.3, 0.4) is 0 Å². The SMILES string of the molecule is Cc1ccc(O)c(CN2CCC(CO)CC2)n1. The summed E-state index contributed by atoms with van der Waals surface area (Å²) in [6.45, 7) is 4.87. The number of rotatable bonds is 3. The van der Waals surface area contributed by atoms with Crippen LogP contribution in [0.1, 0.15) is 24.2 Å². The number of pyridine rings is 1. The summed E-state index contributed by atoms with van der Waals surface area (Å²) in [5.74, 6) is 0.727. The second-order valence-electron chi connectivity index (χ2n) is 4.82. The highest BCUT2D eigenvalue weighted by Gasteiger charge is 2.19. The van der Waals surface area contributed by atoms with Crippen LogP contribution in [-0.4, -0.2) is 39.8 Å². The maximum absolute atomic E-state index is 9.73. The van der Waals surface area contributed by atoms with Gasteiger partial charge in [0.1, 0.15) is 5.75 Å². The molecule has 0 bridgehead atoms. The van der Waals surface area contributed by atoms with Crippen LogP contribution in [0.15, 0.2) is 12.1 Å². The third-order valence-electron chi connectivity index (χ3n) is 3.43. The number of aliphatic hydroxyl groups is 1. The van der Waals surface area contributed by atoms with E-state index in [1.807, 2.05) is 13.0 Å². The van der Waals surface area contributed by atoms with Gasteiger partial charge in [0.2, 0.25) is 0 Å². The molecule has 0 radical (unpaired) electrons. The molecule has 4 heteroatoms. The number of hydrogen-bond acceptors (Lipinski definition) is 4. The number of aromatic nitrogens is 1. The molecule has 1 aromatic heterocycles. The van der Waals surface area contributed by atoms with E-state index in [0.717, 1.165) is 37.3 Å². The first-order valence-corrected chi connectivity index (χ1v) is 6.17. The van der Waals surface area contributed by atoms with Crippen molar-refractivity contribution in [3.63, 3.8) is 0 Å². The summed E-state index contributed by atoms with van der Waals surface area (Å²) in [5, 5.41) is 18.8. The highest BCUT2D eigenvalue weighted by atomic mass is 16.3. The summed E-state index contributed by atoms with van der Waals surface area (Å²) < 4.78 is 0. The Labute approximate surface area is 102 Å². The Morgan fingerprint density at radius 2 is 2.06 bits per heavy atom. The number of nitrogens with zero attached hydrogens (tertiary/aromatic N) is 2. The van der Waals surface area contributed by atoms with E-state index in [2.05, 4.69) is 9.88 Å². The minimum absolute atomic E-state index is 0.278. The molecule has 2 rings (SSSR count). The molecular weight excluding hydrogens is 216 g/mol. The summed E-state index contributed by atoms with van der Waals surface area (Å²) in [6, 6.07) is 3.52. The van der Waals surface area contributed by atoms with E-state index >= 15 is 0 Å². The second kappa shape index (κ2) is 5.47. The van der Waals surface area contributed by atoms with E-state index in [1.54, 1.807) is 6.07 Å². The zero-order valence-electron chi connectivity index (χ0n) is 10.3. The van der Waals surface area contributed by atoms with Crippen molar-refractivity contribution in [1.82, 2.24) is 9.88 Å². The van der Waals surface area contributed by atoms with Gasteiger partial charge in [0.25, 0.3) is 0 Å². The van der Waals surface area contributed by atoms with Crippen molar-refractivity contribution in [2.45, 2.75) is 26.3 Å². The Hall–Kier alpha value is -1.13. The summed E-state index contributed by atoms with van der Waals surface area (Å²) in [7, 11) is 0. The van der Waals surface area contributed by atoms with E-state index in [-0.39, 0.29) is 5.75 Å². The van der Waals surface area contributed by atoms with Gasteiger partial charge in [-0.05, 0) is 50.9 Å². The lowest BCUT2D eigenvalue weighted by atomic mass is 9.98. The maximum atomic E-state index is 9.73. The molecule has 0 aromatic carbocycles. The van der Waals surface area contributed by atoms with E-state index in [4.69, 9.17) is 5.11 Å². The fourth-order valence-corrected chi connectivity index (χ4v) is 2.26. The lowest BCUT2D eigenvalue weighted by Gasteiger charge is -2.30. The predicted octanol–water partition coefficient (Wildman–Crippen LogP) is 1.30. The number of aliphatic hydroxyl groups excluding tert-OH is 1. The molecule has 2 heterocycles. The van der Waals surface area contributed by atoms with Crippen molar-refractivity contribution in [2.75, 3.05) is 19.7 Å². The predicted molar refractivity (Wildman–Crippen MR) is 65.7 cm³/mol. The molecule has 94 valence electrons. The third-order valence-corrected chi connectivity index (χ3v) is 3.43. The summed E-state index contributed by atoms with van der Waals surface area (Å²) in [6.07, 6.45) is 2.06. The highest BCUT2D eigenvalue weighted by Crippen LogP contribution is 2.21. The fourth-order valence-electron chi connectivity index (χ4n) is 2.26. The molecule has 2 N–H and O–H groups in total. The molecule has 1 saturated heterocycles. The molecule has 4 nitrogen and oxygen atoms in total. The molecule has 0 saturated carbocycles. The fraction of sp³-hybridized carbons (Fsp3) is 0.615. The normalized spacial score (nSPS) is 18.5. The zero-order chi connectivity index (χ0) is 12.3. The Kier molecular flexibility index (Phi) is 3.97. The van der Waals surface area contributed by atoms with Gasteiger partial charge in [0.15, 0.2) is 0 Å². The van der Waals surface area contributed by atoms with Crippen LogP contribution in [0, 0.1) is 12.8 Å². The van der Waals surface area contributed by atoms with Gasteiger partial charge in [0, 0.05) is 18.8 Å². The monoisotopic (exact) mass is 236 g/mol. The maximum Gasteiger partial charge on any atom is 0.138 e. The van der Waals surface area contributed by atoms with Crippen molar-refractivity contribution in [1.29, 1.82) is 0 Å². The molecule has 0 atom stereocenters. The lowest BCUT2D eigenvalue weighted by Crippen LogP contribution is -2.34. The molecule has 1 aromatic rings. The number of aryl methyl sites for hydroxylation is 1. The molecular formula is C13H20N2O2. The van der Waals surface area contributed by atoms with Crippen LogP contribution in [-0.2, 0) is 6.54 Å². The number of hydrogen-bond donors (Lipinski definition) is 2. The van der Waals surface area contributed by atoms with E-state index in [1.165, 1.54) is 0 Å². The van der Waals surface area contributed by atoms with Crippen molar-refractivity contribution < 1.29 is 10.2 Å². The molecule has 1 fully saturated rings. The molecule has 0 aliphatic carbocycles. The number of piperidine rings is 1. The minimum Gasteiger partial charge on any atom is -0.506 e. The molecule has 17 heavy (non-hydrogen) atoms. The first kappa shape index (κ1) is 12.3. The van der Waals surface area contributed by atoms with Crippen molar-refractivity contribution >= 4 is 0 Å². The van der Waals surface area contributed by atoms with Gasteiger partial charge >= 0.3 is 0 Å². The smallest absolute Gasteiger partial charge is 0.138 e. The molecule has 0 amide bonds. The van der Waals surface area contributed by atoms with Crippen LogP contribution >= 0.6 is 0 Å². The molecule has 1 aliphatic heterocycles. The summed E-state index contributed by atoms with van der Waals surface area (Å²) in [5.41, 5.74) is 1.69. The van der Waals surface area contributed by atoms with E-state index in [0.29, 0.717) is 19.1 Å². The summed E-state index contributed by atoms with van der Waals surface area (Å²) >= 11 is 0. The average Bonchev–Trinajstić information content (AvgIpc) is 2.35. The van der Waals surface area contributed by atoms with Crippen LogP contribution in [0.5, 0.6) is 5.75 Å². The Bertz CT molecular complexity index is 374. The topological polar surface area (TPSA) is 56.6 Å². The Morgan fingerprint density at radius 1 is 1.35 bits per heavy atom. The summed E-state index contributed by atoms with van der Waals surface area (Å²) in [4.78, 5) is 6.65. The van der Waals surface area contributed by atoms with E-state index in [9.17, 15) is 5.11 Å². The second-order valence-corrected chi connectivity index (χ2v) is 4.82. The van der Waals surface area contributed by atoms with Gasteiger partial charge in [0.05, 0.1) is 5.69 Å². The van der Waals surface area contributed by atoms with Crippen LogP contribution in [0.2, 0.25) is 0 Å². The van der Waals surface area contributed by atoms with E-state index < -0.39 is 0 Å². The van der Waals surface area contributed by atoms with Gasteiger partial charge in [-0.25, -0.2) is 0 Å². The van der Waals surface area contributed by atoms with Gasteiger partial charge in [-0.15, -0.1) is 0 Å². The molecule has 0 spiro atoms. The highest BCUT2D eigenvalue weighted by molar-refractivity contribution is 5.27. The van der Waals surface area contributed by atoms with Crippen molar-refractivity contribution in [2.24, 2.45) is 5.92 Å². The van der Waals surface area contributed by atoms with Gasteiger partial charge in [-0.1, -0.05) is 0 Å². The number of aromatic hydroxyl groups is 1. The van der Waals surface area contributed by atoms with Crippen molar-refractivity contribution in [3.8, 4) is 5.75 Å². The molecule has 0 unspecified atom stereocenters. The third kappa shape index (κ3) is 3.17. The van der Waals surface area contributed by atoms with Crippen molar-refractivity contribution in [3.05, 3.63) is 23.5 Å². The van der Waals surface area contributed by atoms with Gasteiger partial charge < -0.3 is 10.2 Å².